The summed E-state index contributed by atoms with van der Waals surface area (Å²) in [5, 5.41) is 1.77. The van der Waals surface area contributed by atoms with Gasteiger partial charge >= 0.3 is 0 Å². The van der Waals surface area contributed by atoms with Crippen molar-refractivity contribution in [1.29, 1.82) is 0 Å². The Balaban J connectivity index is 1.33. The number of carbonyl (C=O) groups excluding carboxylic acids is 2. The summed E-state index contributed by atoms with van der Waals surface area (Å²) < 4.78 is 0. The molecule has 1 saturated heterocycles. The predicted octanol–water partition coefficient (Wildman–Crippen LogP) is 5.05. The Morgan fingerprint density at radius 2 is 1.59 bits per heavy atom. The van der Waals surface area contributed by atoms with Crippen molar-refractivity contribution in [2.45, 2.75) is 18.3 Å². The Morgan fingerprint density at radius 3 is 2.26 bits per heavy atom. The van der Waals surface area contributed by atoms with Gasteiger partial charge in [0.2, 0.25) is 0 Å². The van der Waals surface area contributed by atoms with Crippen molar-refractivity contribution in [2.75, 3.05) is 24.5 Å². The van der Waals surface area contributed by atoms with Gasteiger partial charge in [0.1, 0.15) is 5.65 Å². The van der Waals surface area contributed by atoms with E-state index in [2.05, 4.69) is 27.0 Å². The van der Waals surface area contributed by atoms with Gasteiger partial charge in [-0.2, -0.15) is 0 Å². The third kappa shape index (κ3) is 3.29. The van der Waals surface area contributed by atoms with E-state index in [1.54, 1.807) is 24.3 Å². The van der Waals surface area contributed by atoms with Crippen LogP contribution in [0.5, 0.6) is 0 Å². The number of benzene rings is 2. The zero-order chi connectivity index (χ0) is 23.3. The van der Waals surface area contributed by atoms with Crippen LogP contribution in [-0.4, -0.2) is 46.3 Å². The molecule has 0 bridgehead atoms. The van der Waals surface area contributed by atoms with Gasteiger partial charge in [0.05, 0.1) is 11.1 Å². The van der Waals surface area contributed by atoms with Gasteiger partial charge in [0, 0.05) is 53.5 Å². The van der Waals surface area contributed by atoms with E-state index in [4.69, 9.17) is 11.6 Å². The van der Waals surface area contributed by atoms with Gasteiger partial charge in [-0.05, 0) is 54.8 Å². The van der Waals surface area contributed by atoms with E-state index < -0.39 is 0 Å². The topological polar surface area (TPSA) is 69.3 Å². The lowest BCUT2D eigenvalue weighted by Gasteiger charge is -2.44. The minimum atomic E-state index is -0.348. The lowest BCUT2D eigenvalue weighted by molar-refractivity contribution is 0.0600. The first-order valence-corrected chi connectivity index (χ1v) is 11.8. The summed E-state index contributed by atoms with van der Waals surface area (Å²) in [6.45, 7) is 1.96. The summed E-state index contributed by atoms with van der Waals surface area (Å²) in [5.74, 6) is -0.418. The van der Waals surface area contributed by atoms with Crippen molar-refractivity contribution < 1.29 is 9.59 Å². The molecule has 2 aliphatic rings. The van der Waals surface area contributed by atoms with Gasteiger partial charge < -0.3 is 9.88 Å². The maximum absolute atomic E-state index is 13.2. The van der Waals surface area contributed by atoms with Gasteiger partial charge in [0.25, 0.3) is 11.8 Å². The smallest absolute Gasteiger partial charge is 0.261 e. The van der Waals surface area contributed by atoms with Gasteiger partial charge in [-0.3, -0.25) is 14.5 Å². The minimum Gasteiger partial charge on any atom is -0.371 e. The number of aromatic amines is 1. The number of hydrogen-bond acceptors (Lipinski definition) is 4. The number of pyridine rings is 1. The second-order valence-corrected chi connectivity index (χ2v) is 9.52. The van der Waals surface area contributed by atoms with Crippen LogP contribution in [0.4, 0.5) is 5.69 Å². The highest BCUT2D eigenvalue weighted by Gasteiger charge is 2.44. The van der Waals surface area contributed by atoms with Crippen LogP contribution in [0, 0.1) is 0 Å². The molecule has 34 heavy (non-hydrogen) atoms. The summed E-state index contributed by atoms with van der Waals surface area (Å²) in [7, 11) is 0. The maximum Gasteiger partial charge on any atom is 0.261 e. The second kappa shape index (κ2) is 7.99. The molecule has 1 N–H and O–H groups in total. The number of fused-ring (bicyclic) bond motifs is 2. The van der Waals surface area contributed by atoms with Gasteiger partial charge in [-0.25, -0.2) is 4.98 Å². The third-order valence-corrected chi connectivity index (χ3v) is 7.55. The summed E-state index contributed by atoms with van der Waals surface area (Å²) in [5.41, 5.74) is 3.76. The van der Waals surface area contributed by atoms with Crippen LogP contribution >= 0.6 is 11.6 Å². The number of carbonyl (C=O) groups is 2. The van der Waals surface area contributed by atoms with Crippen molar-refractivity contribution in [3.63, 3.8) is 0 Å². The molecule has 2 aromatic carbocycles. The standard InChI is InChI=1S/C27H23ClN4O2/c28-19-7-5-18(6-8-19)27(17-32-25(33)20-3-1-2-4-21(20)26(32)34)11-15-31(16-12-27)23-10-14-30-24-22(23)9-13-29-24/h1-10,13-14H,11-12,15-17H2,(H,29,30). The van der Waals surface area contributed by atoms with Crippen LogP contribution in [0.1, 0.15) is 39.1 Å². The first kappa shape index (κ1) is 20.9. The average molecular weight is 471 g/mol. The number of nitrogens with zero attached hydrogens (tertiary/aromatic N) is 3. The number of imide groups is 1. The summed E-state index contributed by atoms with van der Waals surface area (Å²) in [6.07, 6.45) is 5.34. The van der Waals surface area contributed by atoms with Gasteiger partial charge in [0.15, 0.2) is 0 Å². The molecule has 6 nitrogen and oxygen atoms in total. The van der Waals surface area contributed by atoms with E-state index in [9.17, 15) is 9.59 Å². The number of aromatic nitrogens is 2. The summed E-state index contributed by atoms with van der Waals surface area (Å²) in [6, 6.07) is 19.0. The molecule has 0 aliphatic carbocycles. The number of piperidine rings is 1. The van der Waals surface area contributed by atoms with Crippen LogP contribution < -0.4 is 4.90 Å². The van der Waals surface area contributed by atoms with Crippen molar-refractivity contribution in [2.24, 2.45) is 0 Å². The van der Waals surface area contributed by atoms with Crippen LogP contribution in [0.3, 0.4) is 0 Å². The van der Waals surface area contributed by atoms with Crippen LogP contribution in [-0.2, 0) is 5.41 Å². The Kier molecular flexibility index (Phi) is 4.92. The molecule has 0 radical (unpaired) electrons. The van der Waals surface area contributed by atoms with E-state index in [0.29, 0.717) is 22.7 Å². The van der Waals surface area contributed by atoms with Crippen molar-refractivity contribution in [1.82, 2.24) is 14.9 Å². The lowest BCUT2D eigenvalue weighted by atomic mass is 9.72. The van der Waals surface area contributed by atoms with Crippen molar-refractivity contribution in [3.05, 3.63) is 94.8 Å². The van der Waals surface area contributed by atoms with E-state index in [0.717, 1.165) is 48.2 Å². The molecule has 0 atom stereocenters. The molecule has 0 unspecified atom stereocenters. The predicted molar refractivity (Wildman–Crippen MR) is 132 cm³/mol. The Hall–Kier alpha value is -3.64. The van der Waals surface area contributed by atoms with E-state index in [1.807, 2.05) is 36.7 Å². The van der Waals surface area contributed by atoms with Gasteiger partial charge in [-0.1, -0.05) is 35.9 Å². The zero-order valence-corrected chi connectivity index (χ0v) is 19.3. The molecule has 2 aliphatic heterocycles. The maximum atomic E-state index is 13.2. The van der Waals surface area contributed by atoms with E-state index in [1.165, 1.54) is 4.90 Å². The summed E-state index contributed by atoms with van der Waals surface area (Å²) >= 11 is 6.19. The van der Waals surface area contributed by atoms with Crippen molar-refractivity contribution in [3.8, 4) is 0 Å². The molecule has 4 aromatic rings. The number of amides is 2. The Labute approximate surface area is 202 Å². The molecule has 0 saturated carbocycles. The van der Waals surface area contributed by atoms with E-state index >= 15 is 0 Å². The van der Waals surface area contributed by atoms with Crippen molar-refractivity contribution >= 4 is 40.1 Å². The van der Waals surface area contributed by atoms with Crippen LogP contribution in [0.15, 0.2) is 73.1 Å². The minimum absolute atomic E-state index is 0.209. The lowest BCUT2D eigenvalue weighted by Crippen LogP contribution is -2.50. The fourth-order valence-electron chi connectivity index (χ4n) is 5.42. The highest BCUT2D eigenvalue weighted by molar-refractivity contribution is 6.30. The quantitative estimate of drug-likeness (QED) is 0.424. The molecule has 6 rings (SSSR count). The highest BCUT2D eigenvalue weighted by Crippen LogP contribution is 2.40. The molecular formula is C27H23ClN4O2. The van der Waals surface area contributed by atoms with Gasteiger partial charge in [-0.15, -0.1) is 0 Å². The number of halogens is 1. The molecule has 1 fully saturated rings. The fraction of sp³-hybridized carbons (Fsp3) is 0.222. The number of rotatable bonds is 4. The zero-order valence-electron chi connectivity index (χ0n) is 18.5. The molecule has 170 valence electrons. The highest BCUT2D eigenvalue weighted by atomic mass is 35.5. The number of nitrogens with one attached hydrogen (secondary N) is 1. The molecule has 7 heteroatoms. The van der Waals surface area contributed by atoms with Crippen LogP contribution in [0.2, 0.25) is 5.02 Å². The Bertz CT molecular complexity index is 1370. The number of H-pyrrole nitrogens is 1. The average Bonchev–Trinajstić information content (AvgIpc) is 3.44. The normalized spacial score (nSPS) is 17.4. The largest absolute Gasteiger partial charge is 0.371 e. The SMILES string of the molecule is O=C1c2ccccc2C(=O)N1CC1(c2ccc(Cl)cc2)CCN(c2ccnc3[nH]ccc23)CC1. The van der Waals surface area contributed by atoms with Crippen LogP contribution in [0.25, 0.3) is 11.0 Å². The number of anilines is 1. The monoisotopic (exact) mass is 470 g/mol. The molecule has 0 spiro atoms. The Morgan fingerprint density at radius 1 is 0.912 bits per heavy atom. The molecule has 4 heterocycles. The molecular weight excluding hydrogens is 448 g/mol. The molecule has 2 amide bonds. The van der Waals surface area contributed by atoms with E-state index in [-0.39, 0.29) is 17.2 Å². The second-order valence-electron chi connectivity index (χ2n) is 9.09. The first-order chi connectivity index (χ1) is 16.6. The summed E-state index contributed by atoms with van der Waals surface area (Å²) in [4.78, 5) is 37.7. The number of hydrogen-bond donors (Lipinski definition) is 1. The molecule has 2 aromatic heterocycles. The third-order valence-electron chi connectivity index (χ3n) is 7.29. The first-order valence-electron chi connectivity index (χ1n) is 11.4. The fourth-order valence-corrected chi connectivity index (χ4v) is 5.55.